The molecule has 180 valence electrons. The van der Waals surface area contributed by atoms with Gasteiger partial charge in [0.05, 0.1) is 4.92 Å². The Morgan fingerprint density at radius 2 is 1.47 bits per heavy atom. The number of nitrogens with zero attached hydrogens (tertiary/aromatic N) is 2. The lowest BCUT2D eigenvalue weighted by molar-refractivity contribution is -0.387. The van der Waals surface area contributed by atoms with Crippen LogP contribution in [0, 0.1) is 22.0 Å². The Morgan fingerprint density at radius 1 is 0.938 bits per heavy atom. The second kappa shape index (κ2) is 13.0. The lowest BCUT2D eigenvalue weighted by Crippen LogP contribution is -2.37. The fourth-order valence-electron chi connectivity index (χ4n) is 5.28. The van der Waals surface area contributed by atoms with E-state index in [1.54, 1.807) is 31.7 Å². The zero-order valence-corrected chi connectivity index (χ0v) is 19.6. The van der Waals surface area contributed by atoms with Crippen LogP contribution in [0.25, 0.3) is 0 Å². The number of rotatable bonds is 5. The van der Waals surface area contributed by atoms with Crippen LogP contribution >= 0.6 is 0 Å². The minimum absolute atomic E-state index is 0. The predicted octanol–water partition coefficient (Wildman–Crippen LogP) is 5.48. The molecule has 0 amide bonds. The molecule has 32 heavy (non-hydrogen) atoms. The van der Waals surface area contributed by atoms with Crippen LogP contribution in [0.2, 0.25) is 0 Å². The number of carboxylic acids is 1. The maximum Gasteiger partial charge on any atom is 0.321 e. The largest absolute Gasteiger partial charge is 0.480 e. The highest BCUT2D eigenvalue weighted by molar-refractivity contribution is 7.82. The molecule has 1 saturated heterocycles. The van der Waals surface area contributed by atoms with Crippen molar-refractivity contribution < 1.29 is 19.0 Å². The van der Waals surface area contributed by atoms with E-state index in [1.807, 2.05) is 0 Å². The van der Waals surface area contributed by atoms with Crippen molar-refractivity contribution in [2.45, 2.75) is 88.0 Å². The van der Waals surface area contributed by atoms with Crippen LogP contribution in [0.15, 0.2) is 29.2 Å². The van der Waals surface area contributed by atoms with Crippen LogP contribution in [0.1, 0.15) is 77.0 Å². The van der Waals surface area contributed by atoms with E-state index in [2.05, 4.69) is 0 Å². The van der Waals surface area contributed by atoms with Crippen LogP contribution < -0.4 is 6.15 Å². The molecule has 0 spiro atoms. The van der Waals surface area contributed by atoms with Crippen molar-refractivity contribution in [2.24, 2.45) is 11.8 Å². The summed E-state index contributed by atoms with van der Waals surface area (Å²) in [6, 6.07) is 4.84. The van der Waals surface area contributed by atoms with Crippen molar-refractivity contribution in [1.82, 2.24) is 10.5 Å². The van der Waals surface area contributed by atoms with Crippen LogP contribution in [-0.2, 0) is 15.8 Å². The highest BCUT2D eigenvalue weighted by Crippen LogP contribution is 2.38. The monoisotopic (exact) mass is 467 g/mol. The molecule has 9 heteroatoms. The molecule has 0 aromatic heterocycles. The molecule has 4 rings (SSSR count). The van der Waals surface area contributed by atoms with Gasteiger partial charge in [0.2, 0.25) is 0 Å². The Kier molecular flexibility index (Phi) is 10.7. The molecule has 1 heterocycles. The second-order valence-electron chi connectivity index (χ2n) is 8.91. The first-order valence-corrected chi connectivity index (χ1v) is 12.7. The first kappa shape index (κ1) is 26.4. The molecule has 3 aliphatic rings. The van der Waals surface area contributed by atoms with Gasteiger partial charge in [-0.15, -0.1) is 0 Å². The second-order valence-corrected chi connectivity index (χ2v) is 10.3. The quantitative estimate of drug-likeness (QED) is 0.435. The third-order valence-electron chi connectivity index (χ3n) is 6.92. The smallest absolute Gasteiger partial charge is 0.321 e. The number of carboxylic acid groups (broad SMARTS) is 1. The van der Waals surface area contributed by atoms with Gasteiger partial charge in [-0.1, -0.05) is 76.3 Å². The fourth-order valence-corrected chi connectivity index (χ4v) is 6.77. The zero-order valence-electron chi connectivity index (χ0n) is 18.8. The minimum atomic E-state index is -1.83. The summed E-state index contributed by atoms with van der Waals surface area (Å²) in [5.41, 5.74) is -0.253. The Morgan fingerprint density at radius 3 is 1.97 bits per heavy atom. The van der Waals surface area contributed by atoms with Crippen molar-refractivity contribution in [1.29, 1.82) is 0 Å². The highest BCUT2D eigenvalue weighted by Gasteiger charge is 2.36. The van der Waals surface area contributed by atoms with E-state index in [0.29, 0.717) is 19.4 Å². The van der Waals surface area contributed by atoms with E-state index in [4.69, 9.17) is 5.11 Å². The van der Waals surface area contributed by atoms with Gasteiger partial charge in [-0.2, -0.15) is 0 Å². The molecule has 1 aromatic carbocycles. The van der Waals surface area contributed by atoms with Crippen LogP contribution in [0.5, 0.6) is 0 Å². The topological polar surface area (TPSA) is 136 Å². The summed E-state index contributed by atoms with van der Waals surface area (Å²) in [5, 5.41) is 19.9. The van der Waals surface area contributed by atoms with Gasteiger partial charge in [0.15, 0.2) is 0 Å². The van der Waals surface area contributed by atoms with Gasteiger partial charge in [0.1, 0.15) is 21.9 Å². The molecule has 0 bridgehead atoms. The van der Waals surface area contributed by atoms with Crippen LogP contribution in [0.3, 0.4) is 0 Å². The first-order valence-electron chi connectivity index (χ1n) is 11.6. The average molecular weight is 468 g/mol. The molecule has 3 fully saturated rings. The summed E-state index contributed by atoms with van der Waals surface area (Å²) < 4.78 is 13.7. The number of benzene rings is 1. The molecule has 8 nitrogen and oxygen atoms in total. The number of hydrogen-bond donors (Lipinski definition) is 2. The number of hydrogen-bond acceptors (Lipinski definition) is 5. The van der Waals surface area contributed by atoms with Crippen molar-refractivity contribution in [3.05, 3.63) is 34.4 Å². The molecule has 4 N–H and O–H groups in total. The summed E-state index contributed by atoms with van der Waals surface area (Å²) in [6.07, 6.45) is 16.4. The fraction of sp³-hybridized carbons (Fsp3) is 0.696. The van der Waals surface area contributed by atoms with E-state index < -0.39 is 27.9 Å². The molecular formula is C23H37N3O5S. The lowest BCUT2D eigenvalue weighted by Gasteiger charge is -2.32. The van der Waals surface area contributed by atoms with E-state index in [-0.39, 0.29) is 16.7 Å². The molecule has 1 aromatic rings. The van der Waals surface area contributed by atoms with Crippen LogP contribution in [-0.4, -0.2) is 37.1 Å². The Hall–Kier alpha value is -1.84. The molecular weight excluding hydrogens is 430 g/mol. The maximum atomic E-state index is 12.4. The van der Waals surface area contributed by atoms with Gasteiger partial charge in [0, 0.05) is 12.6 Å². The molecule has 0 radical (unpaired) electrons. The van der Waals surface area contributed by atoms with Crippen molar-refractivity contribution in [3.8, 4) is 0 Å². The van der Waals surface area contributed by atoms with E-state index in [1.165, 1.54) is 61.0 Å². The van der Waals surface area contributed by atoms with Crippen molar-refractivity contribution in [2.75, 3.05) is 6.54 Å². The summed E-state index contributed by atoms with van der Waals surface area (Å²) in [4.78, 5) is 21.4. The van der Waals surface area contributed by atoms with Crippen molar-refractivity contribution in [3.63, 3.8) is 0 Å². The number of aliphatic carboxylic acids is 1. The molecule has 1 aliphatic heterocycles. The summed E-state index contributed by atoms with van der Waals surface area (Å²) in [5.74, 6) is 1.22. The summed E-state index contributed by atoms with van der Waals surface area (Å²) >= 11 is 0. The standard InChI is InChI=1S/C12H22.C11H12N2O5S.H3N/c1-3-7-11(8-4-1)12-9-5-2-6-10-12;14-11(15)9-5-3-7-12(9)19(18)10-6-2-1-4-8(10)13(16)17;/h11-12H,1-10H2;1-2,4,6,9H,3,5,7H2,(H,14,15);1H3. The number of nitro groups is 1. The molecule has 2 aliphatic carbocycles. The molecule has 2 saturated carbocycles. The Labute approximate surface area is 193 Å². The summed E-state index contributed by atoms with van der Waals surface area (Å²) in [7, 11) is -1.83. The normalized spacial score (nSPS) is 23.4. The van der Waals surface area contributed by atoms with Gasteiger partial charge in [0.25, 0.3) is 5.69 Å². The number of carbonyl (C=O) groups is 1. The van der Waals surface area contributed by atoms with Crippen molar-refractivity contribution >= 4 is 22.6 Å². The van der Waals surface area contributed by atoms with Gasteiger partial charge in [-0.3, -0.25) is 14.9 Å². The number of nitro benzene ring substituents is 1. The van der Waals surface area contributed by atoms with Crippen LogP contribution in [0.4, 0.5) is 5.69 Å². The van der Waals surface area contributed by atoms with E-state index >= 15 is 0 Å². The lowest BCUT2D eigenvalue weighted by atomic mass is 9.73. The first-order chi connectivity index (χ1) is 15.0. The number of para-hydroxylation sites is 1. The van der Waals surface area contributed by atoms with E-state index in [9.17, 15) is 19.1 Å². The van der Waals surface area contributed by atoms with Gasteiger partial charge >= 0.3 is 5.97 Å². The van der Waals surface area contributed by atoms with Gasteiger partial charge < -0.3 is 11.3 Å². The average Bonchev–Trinajstić information content (AvgIpc) is 3.31. The highest BCUT2D eigenvalue weighted by atomic mass is 32.2. The minimum Gasteiger partial charge on any atom is -0.480 e. The maximum absolute atomic E-state index is 12.4. The Balaban J connectivity index is 0.000000241. The molecule has 2 atom stereocenters. The SMILES string of the molecule is C1CCC(C2CCCCC2)CC1.N.O=C(O)C1CCCN1S(=O)c1ccccc1[N+](=O)[O-]. The molecule has 2 unspecified atom stereocenters. The summed E-state index contributed by atoms with van der Waals surface area (Å²) in [6.45, 7) is 0.357. The third kappa shape index (κ3) is 6.83. The Bertz CT molecular complexity index is 763. The van der Waals surface area contributed by atoms with Gasteiger partial charge in [-0.25, -0.2) is 8.51 Å². The van der Waals surface area contributed by atoms with E-state index in [0.717, 1.165) is 11.8 Å². The predicted molar refractivity (Wildman–Crippen MR) is 125 cm³/mol. The third-order valence-corrected chi connectivity index (χ3v) is 8.50. The zero-order chi connectivity index (χ0) is 22.2. The van der Waals surface area contributed by atoms with Gasteiger partial charge in [-0.05, 0) is 30.7 Å².